The highest BCUT2D eigenvalue weighted by atomic mass is 32.2. The number of anilines is 1. The Morgan fingerprint density at radius 2 is 1.76 bits per heavy atom. The summed E-state index contributed by atoms with van der Waals surface area (Å²) >= 11 is 1.52. The molecule has 5 heteroatoms. The Morgan fingerprint density at radius 1 is 1.06 bits per heavy atom. The normalized spacial score (nSPS) is 10.1. The molecule has 0 spiro atoms. The van der Waals surface area contributed by atoms with Crippen molar-refractivity contribution in [2.24, 2.45) is 0 Å². The summed E-state index contributed by atoms with van der Waals surface area (Å²) in [6, 6.07) is 14.0. The topological polar surface area (TPSA) is 69.2 Å². The molecule has 86 valence electrons. The summed E-state index contributed by atoms with van der Waals surface area (Å²) in [6.45, 7) is 0. The van der Waals surface area contributed by atoms with Crippen LogP contribution < -0.4 is 5.73 Å². The van der Waals surface area contributed by atoms with E-state index in [0.29, 0.717) is 5.69 Å². The molecular weight excluding hydrogens is 236 g/mol. The number of rotatable bonds is 3. The van der Waals surface area contributed by atoms with E-state index in [1.165, 1.54) is 23.9 Å². The van der Waals surface area contributed by atoms with Gasteiger partial charge in [-0.2, -0.15) is 0 Å². The van der Waals surface area contributed by atoms with E-state index >= 15 is 0 Å². The van der Waals surface area contributed by atoms with E-state index in [4.69, 9.17) is 5.73 Å². The maximum atomic E-state index is 10.5. The molecule has 0 amide bonds. The summed E-state index contributed by atoms with van der Waals surface area (Å²) < 4.78 is 0. The number of nitro benzene ring substituents is 1. The number of nitrogens with zero attached hydrogens (tertiary/aromatic N) is 1. The van der Waals surface area contributed by atoms with Gasteiger partial charge in [0.25, 0.3) is 5.69 Å². The highest BCUT2D eigenvalue weighted by molar-refractivity contribution is 7.99. The second-order valence-electron chi connectivity index (χ2n) is 3.43. The van der Waals surface area contributed by atoms with Crippen molar-refractivity contribution in [1.29, 1.82) is 0 Å². The Morgan fingerprint density at radius 3 is 2.35 bits per heavy atom. The van der Waals surface area contributed by atoms with Gasteiger partial charge in [0, 0.05) is 27.6 Å². The van der Waals surface area contributed by atoms with Gasteiger partial charge in [0.05, 0.1) is 4.92 Å². The predicted octanol–water partition coefficient (Wildman–Crippen LogP) is 3.33. The van der Waals surface area contributed by atoms with Gasteiger partial charge in [-0.15, -0.1) is 0 Å². The molecule has 4 nitrogen and oxygen atoms in total. The van der Waals surface area contributed by atoms with E-state index in [1.807, 2.05) is 24.3 Å². The van der Waals surface area contributed by atoms with Crippen LogP contribution in [0.15, 0.2) is 58.3 Å². The third-order valence-corrected chi connectivity index (χ3v) is 3.14. The molecule has 0 bridgehead atoms. The Balaban J connectivity index is 2.16. The van der Waals surface area contributed by atoms with Crippen molar-refractivity contribution in [3.63, 3.8) is 0 Å². The molecule has 0 aliphatic carbocycles. The molecule has 0 aromatic heterocycles. The third kappa shape index (κ3) is 2.98. The van der Waals surface area contributed by atoms with Crippen molar-refractivity contribution < 1.29 is 4.92 Å². The van der Waals surface area contributed by atoms with Crippen LogP contribution in [0.5, 0.6) is 0 Å². The van der Waals surface area contributed by atoms with Gasteiger partial charge < -0.3 is 5.73 Å². The zero-order valence-electron chi connectivity index (χ0n) is 8.87. The summed E-state index contributed by atoms with van der Waals surface area (Å²) in [5.41, 5.74) is 6.48. The highest BCUT2D eigenvalue weighted by Gasteiger charge is 2.04. The van der Waals surface area contributed by atoms with E-state index in [1.54, 1.807) is 12.1 Å². The van der Waals surface area contributed by atoms with Gasteiger partial charge in [-0.3, -0.25) is 10.1 Å². The largest absolute Gasteiger partial charge is 0.399 e. The molecule has 2 aromatic rings. The van der Waals surface area contributed by atoms with Crippen molar-refractivity contribution in [2.45, 2.75) is 9.79 Å². The lowest BCUT2D eigenvalue weighted by molar-refractivity contribution is -0.384. The average Bonchev–Trinajstić information content (AvgIpc) is 2.29. The smallest absolute Gasteiger partial charge is 0.269 e. The van der Waals surface area contributed by atoms with Crippen LogP contribution >= 0.6 is 11.8 Å². The number of benzene rings is 2. The maximum absolute atomic E-state index is 10.5. The minimum atomic E-state index is -0.408. The van der Waals surface area contributed by atoms with Crippen LogP contribution in [0.1, 0.15) is 0 Å². The van der Waals surface area contributed by atoms with Crippen LogP contribution in [-0.4, -0.2) is 4.92 Å². The Hall–Kier alpha value is -2.01. The molecule has 0 atom stereocenters. The van der Waals surface area contributed by atoms with E-state index in [9.17, 15) is 10.1 Å². The quantitative estimate of drug-likeness (QED) is 0.512. The van der Waals surface area contributed by atoms with Crippen LogP contribution in [0, 0.1) is 10.1 Å². The van der Waals surface area contributed by atoms with Gasteiger partial charge in [-0.25, -0.2) is 0 Å². The molecule has 0 unspecified atom stereocenters. The first-order valence-electron chi connectivity index (χ1n) is 4.93. The zero-order chi connectivity index (χ0) is 12.3. The summed E-state index contributed by atoms with van der Waals surface area (Å²) in [5, 5.41) is 10.5. The van der Waals surface area contributed by atoms with E-state index in [0.717, 1.165) is 9.79 Å². The van der Waals surface area contributed by atoms with Crippen molar-refractivity contribution >= 4 is 23.1 Å². The van der Waals surface area contributed by atoms with E-state index in [-0.39, 0.29) is 5.69 Å². The van der Waals surface area contributed by atoms with Gasteiger partial charge in [0.2, 0.25) is 0 Å². The summed E-state index contributed by atoms with van der Waals surface area (Å²) in [5.74, 6) is 0. The van der Waals surface area contributed by atoms with Gasteiger partial charge >= 0.3 is 0 Å². The van der Waals surface area contributed by atoms with Crippen LogP contribution in [0.2, 0.25) is 0 Å². The molecule has 0 heterocycles. The number of nitrogens with two attached hydrogens (primary N) is 1. The Bertz CT molecular complexity index is 540. The van der Waals surface area contributed by atoms with Gasteiger partial charge in [0.15, 0.2) is 0 Å². The fraction of sp³-hybridized carbons (Fsp3) is 0. The predicted molar refractivity (Wildman–Crippen MR) is 68.1 cm³/mol. The third-order valence-electron chi connectivity index (χ3n) is 2.14. The number of nitro groups is 1. The van der Waals surface area contributed by atoms with Gasteiger partial charge in [-0.05, 0) is 30.3 Å². The molecular formula is C12H10N2O2S. The zero-order valence-corrected chi connectivity index (χ0v) is 9.68. The monoisotopic (exact) mass is 246 g/mol. The lowest BCUT2D eigenvalue weighted by Gasteiger charge is -2.02. The fourth-order valence-corrected chi connectivity index (χ4v) is 2.24. The molecule has 2 N–H and O–H groups in total. The minimum absolute atomic E-state index is 0.0990. The standard InChI is InChI=1S/C12H10N2O2S/c13-9-2-1-3-12(8-9)17-11-6-4-10(5-7-11)14(15)16/h1-8H,13H2. The van der Waals surface area contributed by atoms with Crippen molar-refractivity contribution in [1.82, 2.24) is 0 Å². The van der Waals surface area contributed by atoms with Crippen LogP contribution in [0.25, 0.3) is 0 Å². The van der Waals surface area contributed by atoms with Crippen LogP contribution in [-0.2, 0) is 0 Å². The van der Waals surface area contributed by atoms with Crippen molar-refractivity contribution in [3.8, 4) is 0 Å². The molecule has 0 fully saturated rings. The minimum Gasteiger partial charge on any atom is -0.399 e. The summed E-state index contributed by atoms with van der Waals surface area (Å²) in [7, 11) is 0. The molecule has 0 saturated carbocycles. The second-order valence-corrected chi connectivity index (χ2v) is 4.57. The molecule has 17 heavy (non-hydrogen) atoms. The maximum Gasteiger partial charge on any atom is 0.269 e. The average molecular weight is 246 g/mol. The van der Waals surface area contributed by atoms with Crippen molar-refractivity contribution in [2.75, 3.05) is 5.73 Å². The summed E-state index contributed by atoms with van der Waals surface area (Å²) in [6.07, 6.45) is 0. The number of nitrogen functional groups attached to an aromatic ring is 1. The molecule has 0 radical (unpaired) electrons. The summed E-state index contributed by atoms with van der Waals surface area (Å²) in [4.78, 5) is 12.0. The fourth-order valence-electron chi connectivity index (χ4n) is 1.35. The first-order chi connectivity index (χ1) is 8.15. The SMILES string of the molecule is Nc1cccc(Sc2ccc([N+](=O)[O-])cc2)c1. The number of hydrogen-bond acceptors (Lipinski definition) is 4. The lowest BCUT2D eigenvalue weighted by atomic mass is 10.3. The van der Waals surface area contributed by atoms with Gasteiger partial charge in [0.1, 0.15) is 0 Å². The van der Waals surface area contributed by atoms with Crippen molar-refractivity contribution in [3.05, 3.63) is 58.6 Å². The molecule has 0 aliphatic rings. The lowest BCUT2D eigenvalue weighted by Crippen LogP contribution is -1.86. The van der Waals surface area contributed by atoms with E-state index in [2.05, 4.69) is 0 Å². The Kier molecular flexibility index (Phi) is 3.30. The molecule has 2 rings (SSSR count). The Labute approximate surface area is 103 Å². The molecule has 0 saturated heterocycles. The molecule has 2 aromatic carbocycles. The van der Waals surface area contributed by atoms with Crippen LogP contribution in [0.4, 0.5) is 11.4 Å². The number of hydrogen-bond donors (Lipinski definition) is 1. The second kappa shape index (κ2) is 4.88. The first kappa shape index (κ1) is 11.5. The van der Waals surface area contributed by atoms with E-state index < -0.39 is 4.92 Å². The number of non-ortho nitro benzene ring substituents is 1. The first-order valence-corrected chi connectivity index (χ1v) is 5.74. The molecule has 0 aliphatic heterocycles. The highest BCUT2D eigenvalue weighted by Crippen LogP contribution is 2.29. The van der Waals surface area contributed by atoms with Crippen LogP contribution in [0.3, 0.4) is 0 Å². The van der Waals surface area contributed by atoms with Gasteiger partial charge in [-0.1, -0.05) is 17.8 Å².